The summed E-state index contributed by atoms with van der Waals surface area (Å²) in [5.74, 6) is 0.946. The van der Waals surface area contributed by atoms with Crippen LogP contribution in [0.15, 0.2) is 59.6 Å². The van der Waals surface area contributed by atoms with E-state index in [1.807, 2.05) is 24.3 Å². The number of nitrogens with one attached hydrogen (secondary N) is 2. The van der Waals surface area contributed by atoms with Gasteiger partial charge in [0.05, 0.1) is 6.54 Å². The van der Waals surface area contributed by atoms with Gasteiger partial charge in [0.1, 0.15) is 5.75 Å². The Morgan fingerprint density at radius 2 is 2.00 bits per heavy atom. The summed E-state index contributed by atoms with van der Waals surface area (Å²) in [6, 6.07) is 18.6. The van der Waals surface area contributed by atoms with E-state index >= 15 is 0 Å². The molecule has 0 radical (unpaired) electrons. The second-order valence-electron chi connectivity index (χ2n) is 7.80. The van der Waals surface area contributed by atoms with Gasteiger partial charge in [-0.1, -0.05) is 42.5 Å². The molecule has 1 saturated heterocycles. The van der Waals surface area contributed by atoms with Crippen LogP contribution in [0.2, 0.25) is 0 Å². The summed E-state index contributed by atoms with van der Waals surface area (Å²) in [5, 5.41) is 6.95. The first-order valence-corrected chi connectivity index (χ1v) is 10.9. The first-order chi connectivity index (χ1) is 15.1. The normalized spacial score (nSPS) is 17.2. The number of nitrogens with zero attached hydrogens (tertiary/aromatic N) is 2. The van der Waals surface area contributed by atoms with Crippen molar-refractivity contribution in [2.45, 2.75) is 38.9 Å². The molecule has 1 heterocycles. The molecule has 0 saturated carbocycles. The molecule has 1 amide bonds. The monoisotopic (exact) mass is 423 g/mol. The van der Waals surface area contributed by atoms with E-state index in [0.29, 0.717) is 18.3 Å². The molecule has 1 unspecified atom stereocenters. The molecule has 0 spiro atoms. The molecular formula is C24H33N5O2. The van der Waals surface area contributed by atoms with E-state index in [2.05, 4.69) is 52.8 Å². The molecule has 0 bridgehead atoms. The quantitative estimate of drug-likeness (QED) is 0.425. The highest BCUT2D eigenvalue weighted by Gasteiger charge is 2.20. The molecule has 31 heavy (non-hydrogen) atoms. The van der Waals surface area contributed by atoms with Crippen LogP contribution in [0.4, 0.5) is 0 Å². The average Bonchev–Trinajstić information content (AvgIpc) is 2.77. The number of hydrogen-bond acceptors (Lipinski definition) is 4. The summed E-state index contributed by atoms with van der Waals surface area (Å²) in [6.45, 7) is 6.35. The van der Waals surface area contributed by atoms with E-state index in [1.165, 1.54) is 12.0 Å². The third kappa shape index (κ3) is 7.94. The average molecular weight is 424 g/mol. The van der Waals surface area contributed by atoms with E-state index in [1.54, 1.807) is 0 Å². The predicted octanol–water partition coefficient (Wildman–Crippen LogP) is 2.27. The number of carbonyl (C=O) groups is 1. The molecule has 0 aromatic heterocycles. The van der Waals surface area contributed by atoms with E-state index in [-0.39, 0.29) is 6.61 Å². The third-order valence-corrected chi connectivity index (χ3v) is 5.14. The number of carbonyl (C=O) groups excluding carboxylic acids is 1. The van der Waals surface area contributed by atoms with Gasteiger partial charge in [0.25, 0.3) is 5.91 Å². The van der Waals surface area contributed by atoms with Crippen LogP contribution in [0.1, 0.15) is 30.9 Å². The number of hydrogen-bond donors (Lipinski definition) is 3. The van der Waals surface area contributed by atoms with Gasteiger partial charge in [-0.05, 0) is 49.6 Å². The fourth-order valence-electron chi connectivity index (χ4n) is 3.73. The largest absolute Gasteiger partial charge is 0.484 e. The Morgan fingerprint density at radius 1 is 1.19 bits per heavy atom. The Morgan fingerprint density at radius 3 is 2.77 bits per heavy atom. The first kappa shape index (κ1) is 22.6. The maximum atomic E-state index is 10.9. The zero-order valence-electron chi connectivity index (χ0n) is 18.2. The number of guanidine groups is 1. The summed E-state index contributed by atoms with van der Waals surface area (Å²) >= 11 is 0. The van der Waals surface area contributed by atoms with Gasteiger partial charge in [-0.2, -0.15) is 0 Å². The van der Waals surface area contributed by atoms with Gasteiger partial charge in [0.15, 0.2) is 12.6 Å². The summed E-state index contributed by atoms with van der Waals surface area (Å²) < 4.78 is 5.38. The number of nitrogens with two attached hydrogens (primary N) is 1. The number of primary amides is 1. The summed E-state index contributed by atoms with van der Waals surface area (Å²) in [7, 11) is 0. The van der Waals surface area contributed by atoms with Gasteiger partial charge in [0.2, 0.25) is 0 Å². The molecular weight excluding hydrogens is 390 g/mol. The maximum Gasteiger partial charge on any atom is 0.255 e. The van der Waals surface area contributed by atoms with E-state index in [9.17, 15) is 4.79 Å². The molecule has 2 aromatic rings. The van der Waals surface area contributed by atoms with Crippen molar-refractivity contribution in [3.8, 4) is 5.75 Å². The zero-order valence-corrected chi connectivity index (χ0v) is 18.2. The topological polar surface area (TPSA) is 92.0 Å². The Bertz CT molecular complexity index is 856. The van der Waals surface area contributed by atoms with E-state index in [0.717, 1.165) is 44.1 Å². The SMILES string of the molecule is CCNC(=NCc1cccc(OCC(N)=O)c1)NC1CCCN(Cc2ccccc2)C1. The molecule has 0 aliphatic carbocycles. The Labute approximate surface area is 184 Å². The molecule has 2 aromatic carbocycles. The van der Waals surface area contributed by atoms with Crippen molar-refractivity contribution in [3.63, 3.8) is 0 Å². The number of ether oxygens (including phenoxy) is 1. The molecule has 1 aliphatic heterocycles. The van der Waals surface area contributed by atoms with E-state index < -0.39 is 5.91 Å². The highest BCUT2D eigenvalue weighted by Crippen LogP contribution is 2.15. The van der Waals surface area contributed by atoms with Crippen molar-refractivity contribution in [1.29, 1.82) is 0 Å². The van der Waals surface area contributed by atoms with Crippen LogP contribution >= 0.6 is 0 Å². The van der Waals surface area contributed by atoms with Crippen LogP contribution in [0.5, 0.6) is 5.75 Å². The minimum absolute atomic E-state index is 0.127. The summed E-state index contributed by atoms with van der Waals surface area (Å²) in [5.41, 5.74) is 7.50. The Balaban J connectivity index is 1.56. The van der Waals surface area contributed by atoms with Gasteiger partial charge >= 0.3 is 0 Å². The van der Waals surface area contributed by atoms with E-state index in [4.69, 9.17) is 15.5 Å². The van der Waals surface area contributed by atoms with Crippen LogP contribution in [0, 0.1) is 0 Å². The number of rotatable bonds is 9. The first-order valence-electron chi connectivity index (χ1n) is 10.9. The number of amides is 1. The Kier molecular flexibility index (Phi) is 8.72. The fraction of sp³-hybridized carbons (Fsp3) is 0.417. The van der Waals surface area contributed by atoms with Crippen LogP contribution in [-0.2, 0) is 17.9 Å². The van der Waals surface area contributed by atoms with Gasteiger partial charge in [-0.3, -0.25) is 9.69 Å². The smallest absolute Gasteiger partial charge is 0.255 e. The third-order valence-electron chi connectivity index (χ3n) is 5.14. The van der Waals surface area contributed by atoms with Crippen LogP contribution in [0.3, 0.4) is 0 Å². The van der Waals surface area contributed by atoms with Gasteiger partial charge in [-0.25, -0.2) is 4.99 Å². The van der Waals surface area contributed by atoms with Gasteiger partial charge < -0.3 is 21.1 Å². The Hall–Kier alpha value is -3.06. The van der Waals surface area contributed by atoms with Gasteiger partial charge in [0, 0.05) is 25.7 Å². The van der Waals surface area contributed by atoms with Crippen LogP contribution in [-0.4, -0.2) is 49.0 Å². The van der Waals surface area contributed by atoms with Crippen molar-refractivity contribution in [2.24, 2.45) is 10.7 Å². The van der Waals surface area contributed by atoms with Gasteiger partial charge in [-0.15, -0.1) is 0 Å². The lowest BCUT2D eigenvalue weighted by atomic mass is 10.0. The lowest BCUT2D eigenvalue weighted by molar-refractivity contribution is -0.119. The zero-order chi connectivity index (χ0) is 21.9. The highest BCUT2D eigenvalue weighted by molar-refractivity contribution is 5.80. The van der Waals surface area contributed by atoms with Crippen LogP contribution < -0.4 is 21.1 Å². The number of likely N-dealkylation sites (tertiary alicyclic amines) is 1. The predicted molar refractivity (Wildman–Crippen MR) is 124 cm³/mol. The lowest BCUT2D eigenvalue weighted by Gasteiger charge is -2.34. The summed E-state index contributed by atoms with van der Waals surface area (Å²) in [4.78, 5) is 18.2. The van der Waals surface area contributed by atoms with Crippen molar-refractivity contribution < 1.29 is 9.53 Å². The lowest BCUT2D eigenvalue weighted by Crippen LogP contribution is -2.50. The van der Waals surface area contributed by atoms with Crippen LogP contribution in [0.25, 0.3) is 0 Å². The molecule has 3 rings (SSSR count). The number of piperidine rings is 1. The molecule has 166 valence electrons. The second kappa shape index (κ2) is 12.0. The second-order valence-corrected chi connectivity index (χ2v) is 7.80. The molecule has 1 fully saturated rings. The van der Waals surface area contributed by atoms with Crippen molar-refractivity contribution in [1.82, 2.24) is 15.5 Å². The minimum atomic E-state index is -0.490. The standard InChI is InChI=1S/C24H33N5O2/c1-2-26-24(27-15-20-10-6-12-22(14-20)31-18-23(25)30)28-21-11-7-13-29(17-21)16-19-8-4-3-5-9-19/h3-6,8-10,12,14,21H,2,7,11,13,15-18H2,1H3,(H2,25,30)(H2,26,27,28). The molecule has 7 nitrogen and oxygen atoms in total. The molecule has 1 aliphatic rings. The fourth-order valence-corrected chi connectivity index (χ4v) is 3.73. The molecule has 7 heteroatoms. The maximum absolute atomic E-state index is 10.9. The molecule has 4 N–H and O–H groups in total. The molecule has 1 atom stereocenters. The van der Waals surface area contributed by atoms with Crippen molar-refractivity contribution in [2.75, 3.05) is 26.2 Å². The number of benzene rings is 2. The highest BCUT2D eigenvalue weighted by atomic mass is 16.5. The van der Waals surface area contributed by atoms with Crippen molar-refractivity contribution in [3.05, 3.63) is 65.7 Å². The summed E-state index contributed by atoms with van der Waals surface area (Å²) in [6.07, 6.45) is 2.30. The van der Waals surface area contributed by atoms with Crippen molar-refractivity contribution >= 4 is 11.9 Å². The minimum Gasteiger partial charge on any atom is -0.484 e. The number of aliphatic imine (C=N–C) groups is 1.